The molecule has 0 radical (unpaired) electrons. The molecular weight excluding hydrogens is 370 g/mol. The van der Waals surface area contributed by atoms with E-state index >= 15 is 0 Å². The van der Waals surface area contributed by atoms with Crippen molar-refractivity contribution in [3.8, 4) is 0 Å². The molecule has 0 aliphatic carbocycles. The zero-order valence-electron chi connectivity index (χ0n) is 15.7. The van der Waals surface area contributed by atoms with E-state index in [0.717, 1.165) is 10.4 Å². The van der Waals surface area contributed by atoms with Gasteiger partial charge in [-0.2, -0.15) is 0 Å². The maximum atomic E-state index is 12.9. The molecule has 2 N–H and O–H groups in total. The first-order chi connectivity index (χ1) is 12.9. The molecular formula is C19H25NO6S. The lowest BCUT2D eigenvalue weighted by Crippen LogP contribution is -2.41. The summed E-state index contributed by atoms with van der Waals surface area (Å²) in [5.41, 5.74) is 1.24. The quantitative estimate of drug-likeness (QED) is 0.688. The molecule has 2 fully saturated rings. The van der Waals surface area contributed by atoms with Crippen molar-refractivity contribution >= 4 is 34.2 Å². The standard InChI is InChI=1S/C19H25NO6S/c1-4-8-25-19(24)13-10(5-2)9(3)27-17(13)20-16(21)14-11-6-7-12(26-11)15(14)18(22)23/h11-12,14-15H,4-8H2,1-3H3,(H,20,21)(H,22,23)/t11-,12-,14-,15-/m0/s1. The number of fused-ring (bicyclic) bond motifs is 2. The van der Waals surface area contributed by atoms with Crippen molar-refractivity contribution in [2.24, 2.45) is 11.8 Å². The number of aryl methyl sites for hydroxylation is 1. The third-order valence-corrected chi connectivity index (χ3v) is 6.36. The zero-order valence-corrected chi connectivity index (χ0v) is 16.6. The molecule has 2 aliphatic rings. The van der Waals surface area contributed by atoms with Crippen molar-refractivity contribution in [2.75, 3.05) is 11.9 Å². The number of carbonyl (C=O) groups is 3. The van der Waals surface area contributed by atoms with E-state index in [-0.39, 0.29) is 6.10 Å². The van der Waals surface area contributed by atoms with Crippen LogP contribution in [0.2, 0.25) is 0 Å². The Labute approximate surface area is 162 Å². The lowest BCUT2D eigenvalue weighted by atomic mass is 9.79. The fraction of sp³-hybridized carbons (Fsp3) is 0.632. The van der Waals surface area contributed by atoms with Crippen molar-refractivity contribution in [2.45, 2.75) is 58.7 Å². The largest absolute Gasteiger partial charge is 0.481 e. The van der Waals surface area contributed by atoms with E-state index in [2.05, 4.69) is 5.32 Å². The summed E-state index contributed by atoms with van der Waals surface area (Å²) >= 11 is 1.32. The van der Waals surface area contributed by atoms with Crippen LogP contribution in [0.1, 0.15) is 53.9 Å². The summed E-state index contributed by atoms with van der Waals surface area (Å²) in [7, 11) is 0. The Morgan fingerprint density at radius 3 is 2.48 bits per heavy atom. The van der Waals surface area contributed by atoms with Gasteiger partial charge in [-0.15, -0.1) is 11.3 Å². The number of hydrogen-bond donors (Lipinski definition) is 2. The smallest absolute Gasteiger partial charge is 0.341 e. The Morgan fingerprint density at radius 2 is 1.89 bits per heavy atom. The first-order valence-electron chi connectivity index (χ1n) is 9.37. The minimum Gasteiger partial charge on any atom is -0.481 e. The molecule has 1 aromatic heterocycles. The van der Waals surface area contributed by atoms with Gasteiger partial charge >= 0.3 is 11.9 Å². The summed E-state index contributed by atoms with van der Waals surface area (Å²) in [5, 5.41) is 12.8. The second kappa shape index (κ2) is 7.98. The first kappa shape index (κ1) is 19.8. The summed E-state index contributed by atoms with van der Waals surface area (Å²) in [6.45, 7) is 6.07. The predicted octanol–water partition coefficient (Wildman–Crippen LogP) is 3.00. The van der Waals surface area contributed by atoms with E-state index in [1.165, 1.54) is 11.3 Å². The Kier molecular flexibility index (Phi) is 5.86. The fourth-order valence-electron chi connectivity index (χ4n) is 4.10. The molecule has 0 saturated carbocycles. The van der Waals surface area contributed by atoms with Crippen LogP contribution in [0, 0.1) is 18.8 Å². The van der Waals surface area contributed by atoms with E-state index in [4.69, 9.17) is 9.47 Å². The van der Waals surface area contributed by atoms with Gasteiger partial charge in [0, 0.05) is 4.88 Å². The summed E-state index contributed by atoms with van der Waals surface area (Å²) in [5.74, 6) is -3.45. The Balaban J connectivity index is 1.85. The van der Waals surface area contributed by atoms with E-state index in [1.807, 2.05) is 20.8 Å². The van der Waals surface area contributed by atoms with Crippen LogP contribution >= 0.6 is 11.3 Å². The molecule has 7 nitrogen and oxygen atoms in total. The van der Waals surface area contributed by atoms with Crippen LogP contribution in [0.15, 0.2) is 0 Å². The molecule has 1 amide bonds. The molecule has 0 aromatic carbocycles. The van der Waals surface area contributed by atoms with Gasteiger partial charge in [0.25, 0.3) is 0 Å². The Morgan fingerprint density at radius 1 is 1.22 bits per heavy atom. The third-order valence-electron chi connectivity index (χ3n) is 5.30. The fourth-order valence-corrected chi connectivity index (χ4v) is 5.23. The molecule has 8 heteroatoms. The third kappa shape index (κ3) is 3.60. The number of aliphatic carboxylic acids is 1. The maximum Gasteiger partial charge on any atom is 0.341 e. The normalized spacial score (nSPS) is 26.2. The number of carboxylic acid groups (broad SMARTS) is 1. The van der Waals surface area contributed by atoms with Gasteiger partial charge in [0.15, 0.2) is 0 Å². The first-order valence-corrected chi connectivity index (χ1v) is 10.2. The molecule has 2 aliphatic heterocycles. The number of amides is 1. The van der Waals surface area contributed by atoms with Crippen LogP contribution in [-0.4, -0.2) is 41.8 Å². The number of rotatable bonds is 7. The van der Waals surface area contributed by atoms with Gasteiger partial charge in [-0.05, 0) is 38.2 Å². The number of thiophene rings is 1. The molecule has 1 aromatic rings. The number of ether oxygens (including phenoxy) is 2. The van der Waals surface area contributed by atoms with Crippen molar-refractivity contribution in [3.63, 3.8) is 0 Å². The molecule has 0 spiro atoms. The molecule has 0 unspecified atom stereocenters. The number of carbonyl (C=O) groups excluding carboxylic acids is 2. The van der Waals surface area contributed by atoms with Gasteiger partial charge in [-0.25, -0.2) is 4.79 Å². The van der Waals surface area contributed by atoms with Gasteiger partial charge < -0.3 is 19.9 Å². The number of hydrogen-bond acceptors (Lipinski definition) is 6. The summed E-state index contributed by atoms with van der Waals surface area (Å²) in [4.78, 5) is 38.0. The van der Waals surface area contributed by atoms with Gasteiger partial charge in [-0.3, -0.25) is 9.59 Å². The second-order valence-electron chi connectivity index (χ2n) is 7.00. The molecule has 2 bridgehead atoms. The average molecular weight is 395 g/mol. The van der Waals surface area contributed by atoms with Crippen molar-refractivity contribution in [1.82, 2.24) is 0 Å². The summed E-state index contributed by atoms with van der Waals surface area (Å²) in [6, 6.07) is 0. The highest BCUT2D eigenvalue weighted by molar-refractivity contribution is 7.16. The highest BCUT2D eigenvalue weighted by Gasteiger charge is 2.55. The minimum atomic E-state index is -1.01. The molecule has 3 rings (SSSR count). The number of carboxylic acids is 1. The van der Waals surface area contributed by atoms with E-state index in [0.29, 0.717) is 42.9 Å². The molecule has 27 heavy (non-hydrogen) atoms. The van der Waals surface area contributed by atoms with E-state index in [9.17, 15) is 19.5 Å². The van der Waals surface area contributed by atoms with Crippen molar-refractivity contribution in [1.29, 1.82) is 0 Å². The van der Waals surface area contributed by atoms with Crippen LogP contribution in [0.3, 0.4) is 0 Å². The molecule has 4 atom stereocenters. The van der Waals surface area contributed by atoms with E-state index < -0.39 is 35.8 Å². The lowest BCUT2D eigenvalue weighted by molar-refractivity contribution is -0.147. The van der Waals surface area contributed by atoms with Gasteiger partial charge in [0.1, 0.15) is 5.00 Å². The SMILES string of the molecule is CCCOC(=O)c1c(NC(=O)[C@@H]2[C@@H](C(=O)O)[C@@H]3CC[C@@H]2O3)sc(C)c1CC. The zero-order chi connectivity index (χ0) is 19.7. The molecule has 2 saturated heterocycles. The highest BCUT2D eigenvalue weighted by Crippen LogP contribution is 2.44. The predicted molar refractivity (Wildman–Crippen MR) is 100 cm³/mol. The number of anilines is 1. The van der Waals surface area contributed by atoms with Crippen LogP contribution in [0.4, 0.5) is 5.00 Å². The molecule has 3 heterocycles. The monoisotopic (exact) mass is 395 g/mol. The summed E-state index contributed by atoms with van der Waals surface area (Å²) < 4.78 is 11.0. The van der Waals surface area contributed by atoms with Crippen LogP contribution < -0.4 is 5.32 Å². The lowest BCUT2D eigenvalue weighted by Gasteiger charge is -2.23. The molecule has 148 valence electrons. The number of esters is 1. The average Bonchev–Trinajstić information content (AvgIpc) is 3.31. The second-order valence-corrected chi connectivity index (χ2v) is 8.22. The van der Waals surface area contributed by atoms with E-state index in [1.54, 1.807) is 0 Å². The highest BCUT2D eigenvalue weighted by atomic mass is 32.1. The van der Waals surface area contributed by atoms with Crippen LogP contribution in [-0.2, 0) is 25.5 Å². The topological polar surface area (TPSA) is 102 Å². The van der Waals surface area contributed by atoms with Crippen LogP contribution in [0.5, 0.6) is 0 Å². The van der Waals surface area contributed by atoms with Gasteiger partial charge in [-0.1, -0.05) is 13.8 Å². The Hall–Kier alpha value is -1.93. The maximum absolute atomic E-state index is 12.9. The van der Waals surface area contributed by atoms with Crippen LogP contribution in [0.25, 0.3) is 0 Å². The van der Waals surface area contributed by atoms with Crippen molar-refractivity contribution in [3.05, 3.63) is 16.0 Å². The summed E-state index contributed by atoms with van der Waals surface area (Å²) in [6.07, 6.45) is 1.91. The van der Waals surface area contributed by atoms with Crippen molar-refractivity contribution < 1.29 is 29.0 Å². The Bertz CT molecular complexity index is 758. The van der Waals surface area contributed by atoms with Gasteiger partial charge in [0.05, 0.1) is 36.2 Å². The number of nitrogens with one attached hydrogen (secondary N) is 1. The minimum absolute atomic E-state index is 0.311. The van der Waals surface area contributed by atoms with Gasteiger partial charge in [0.2, 0.25) is 5.91 Å².